The van der Waals surface area contributed by atoms with Gasteiger partial charge in [0, 0.05) is 6.54 Å². The monoisotopic (exact) mass is 169 g/mol. The molecule has 0 radical (unpaired) electrons. The standard InChI is InChI=1S/C9H19N3/c1-5-12(4)7-6-9(2,8-10)11-3/h11H,5-7H2,1-4H3. The number of nitriles is 1. The summed E-state index contributed by atoms with van der Waals surface area (Å²) in [6, 6.07) is 2.27. The van der Waals surface area contributed by atoms with Gasteiger partial charge in [-0.05, 0) is 34.0 Å². The third-order valence-electron chi connectivity index (χ3n) is 2.33. The van der Waals surface area contributed by atoms with E-state index in [4.69, 9.17) is 5.26 Å². The zero-order valence-electron chi connectivity index (χ0n) is 8.52. The maximum Gasteiger partial charge on any atom is 0.104 e. The van der Waals surface area contributed by atoms with E-state index in [0.29, 0.717) is 0 Å². The second-order valence-corrected chi connectivity index (χ2v) is 3.34. The van der Waals surface area contributed by atoms with E-state index in [-0.39, 0.29) is 5.54 Å². The molecule has 0 aliphatic rings. The van der Waals surface area contributed by atoms with Gasteiger partial charge in [-0.2, -0.15) is 5.26 Å². The molecule has 12 heavy (non-hydrogen) atoms. The summed E-state index contributed by atoms with van der Waals surface area (Å²) in [5, 5.41) is 11.9. The Morgan fingerprint density at radius 2 is 2.17 bits per heavy atom. The number of rotatable bonds is 5. The number of nitrogens with one attached hydrogen (secondary N) is 1. The van der Waals surface area contributed by atoms with Crippen LogP contribution in [0.4, 0.5) is 0 Å². The van der Waals surface area contributed by atoms with Crippen LogP contribution in [0.2, 0.25) is 0 Å². The van der Waals surface area contributed by atoms with Crippen molar-refractivity contribution in [3.63, 3.8) is 0 Å². The maximum absolute atomic E-state index is 8.84. The van der Waals surface area contributed by atoms with E-state index < -0.39 is 0 Å². The van der Waals surface area contributed by atoms with Crippen molar-refractivity contribution >= 4 is 0 Å². The maximum atomic E-state index is 8.84. The van der Waals surface area contributed by atoms with Gasteiger partial charge in [-0.15, -0.1) is 0 Å². The summed E-state index contributed by atoms with van der Waals surface area (Å²) in [6.45, 7) is 6.03. The van der Waals surface area contributed by atoms with Crippen LogP contribution < -0.4 is 5.32 Å². The van der Waals surface area contributed by atoms with Crippen molar-refractivity contribution < 1.29 is 0 Å². The fourth-order valence-electron chi connectivity index (χ4n) is 0.809. The highest BCUT2D eigenvalue weighted by Gasteiger charge is 2.20. The Bertz CT molecular complexity index is 162. The smallest absolute Gasteiger partial charge is 0.104 e. The van der Waals surface area contributed by atoms with Crippen molar-refractivity contribution in [2.45, 2.75) is 25.8 Å². The summed E-state index contributed by atoms with van der Waals surface area (Å²) >= 11 is 0. The van der Waals surface area contributed by atoms with Crippen LogP contribution in [0, 0.1) is 11.3 Å². The molecule has 0 fully saturated rings. The van der Waals surface area contributed by atoms with Crippen molar-refractivity contribution in [3.8, 4) is 6.07 Å². The highest BCUT2D eigenvalue weighted by Crippen LogP contribution is 2.07. The number of hydrogen-bond acceptors (Lipinski definition) is 3. The predicted molar refractivity (Wildman–Crippen MR) is 50.9 cm³/mol. The Morgan fingerprint density at radius 1 is 1.58 bits per heavy atom. The Labute approximate surface area is 75.4 Å². The number of hydrogen-bond donors (Lipinski definition) is 1. The third kappa shape index (κ3) is 3.70. The molecule has 0 aromatic heterocycles. The van der Waals surface area contributed by atoms with Crippen molar-refractivity contribution in [2.24, 2.45) is 0 Å². The van der Waals surface area contributed by atoms with Crippen LogP contribution in [0.5, 0.6) is 0 Å². The molecule has 0 bridgehead atoms. The van der Waals surface area contributed by atoms with E-state index in [1.807, 2.05) is 14.0 Å². The first-order valence-corrected chi connectivity index (χ1v) is 4.36. The first-order valence-electron chi connectivity index (χ1n) is 4.36. The minimum Gasteiger partial charge on any atom is -0.307 e. The summed E-state index contributed by atoms with van der Waals surface area (Å²) in [7, 11) is 3.89. The summed E-state index contributed by atoms with van der Waals surface area (Å²) in [5.74, 6) is 0. The number of nitrogens with zero attached hydrogens (tertiary/aromatic N) is 2. The van der Waals surface area contributed by atoms with Gasteiger partial charge in [0.05, 0.1) is 6.07 Å². The predicted octanol–water partition coefficient (Wildman–Crippen LogP) is 0.830. The molecule has 1 unspecified atom stereocenters. The fourth-order valence-corrected chi connectivity index (χ4v) is 0.809. The van der Waals surface area contributed by atoms with Crippen LogP contribution in [0.15, 0.2) is 0 Å². The van der Waals surface area contributed by atoms with E-state index in [1.54, 1.807) is 0 Å². The Hall–Kier alpha value is -0.590. The second kappa shape index (κ2) is 5.13. The van der Waals surface area contributed by atoms with Crippen LogP contribution in [-0.2, 0) is 0 Å². The molecule has 0 aliphatic carbocycles. The molecule has 3 nitrogen and oxygen atoms in total. The highest BCUT2D eigenvalue weighted by atomic mass is 15.1. The quantitative estimate of drug-likeness (QED) is 0.662. The Balaban J connectivity index is 3.83. The van der Waals surface area contributed by atoms with Crippen LogP contribution in [-0.4, -0.2) is 37.6 Å². The average Bonchev–Trinajstić information content (AvgIpc) is 2.13. The third-order valence-corrected chi connectivity index (χ3v) is 2.33. The fraction of sp³-hybridized carbons (Fsp3) is 0.889. The first kappa shape index (κ1) is 11.4. The highest BCUT2D eigenvalue weighted by molar-refractivity contribution is 5.02. The molecule has 0 aliphatic heterocycles. The lowest BCUT2D eigenvalue weighted by molar-refractivity contribution is 0.306. The molecule has 1 atom stereocenters. The second-order valence-electron chi connectivity index (χ2n) is 3.34. The molecule has 0 saturated carbocycles. The molecule has 0 aromatic carbocycles. The van der Waals surface area contributed by atoms with Crippen molar-refractivity contribution in [2.75, 3.05) is 27.2 Å². The molecule has 3 heteroatoms. The molecule has 70 valence electrons. The summed E-state index contributed by atoms with van der Waals surface area (Å²) in [5.41, 5.74) is -0.372. The zero-order chi connectivity index (χ0) is 9.61. The van der Waals surface area contributed by atoms with Gasteiger partial charge in [0.2, 0.25) is 0 Å². The van der Waals surface area contributed by atoms with E-state index in [2.05, 4.69) is 30.3 Å². The van der Waals surface area contributed by atoms with Crippen molar-refractivity contribution in [3.05, 3.63) is 0 Å². The summed E-state index contributed by atoms with van der Waals surface area (Å²) in [6.07, 6.45) is 0.865. The van der Waals surface area contributed by atoms with E-state index in [1.165, 1.54) is 0 Å². The first-order chi connectivity index (χ1) is 5.58. The van der Waals surface area contributed by atoms with E-state index >= 15 is 0 Å². The molecule has 0 saturated heterocycles. The van der Waals surface area contributed by atoms with Gasteiger partial charge in [0.1, 0.15) is 5.54 Å². The molecule has 1 N–H and O–H groups in total. The van der Waals surface area contributed by atoms with E-state index in [9.17, 15) is 0 Å². The van der Waals surface area contributed by atoms with Crippen molar-refractivity contribution in [1.82, 2.24) is 10.2 Å². The zero-order valence-corrected chi connectivity index (χ0v) is 8.52. The van der Waals surface area contributed by atoms with Gasteiger partial charge in [0.25, 0.3) is 0 Å². The van der Waals surface area contributed by atoms with Gasteiger partial charge < -0.3 is 10.2 Å². The lowest BCUT2D eigenvalue weighted by Crippen LogP contribution is -2.41. The van der Waals surface area contributed by atoms with Gasteiger partial charge >= 0.3 is 0 Å². The van der Waals surface area contributed by atoms with Crippen LogP contribution in [0.1, 0.15) is 20.3 Å². The lowest BCUT2D eigenvalue weighted by Gasteiger charge is -2.23. The van der Waals surface area contributed by atoms with Crippen LogP contribution in [0.3, 0.4) is 0 Å². The molecule has 0 heterocycles. The topological polar surface area (TPSA) is 39.1 Å². The molecule has 0 aromatic rings. The van der Waals surface area contributed by atoms with E-state index in [0.717, 1.165) is 19.5 Å². The lowest BCUT2D eigenvalue weighted by atomic mass is 10.0. The Morgan fingerprint density at radius 3 is 2.50 bits per heavy atom. The van der Waals surface area contributed by atoms with Crippen LogP contribution in [0.25, 0.3) is 0 Å². The van der Waals surface area contributed by atoms with Gasteiger partial charge in [-0.25, -0.2) is 0 Å². The summed E-state index contributed by atoms with van der Waals surface area (Å²) < 4.78 is 0. The SMILES string of the molecule is CCN(C)CCC(C)(C#N)NC. The summed E-state index contributed by atoms with van der Waals surface area (Å²) in [4.78, 5) is 2.20. The minimum absolute atomic E-state index is 0.372. The van der Waals surface area contributed by atoms with Crippen LogP contribution >= 0.6 is 0 Å². The molecular formula is C9H19N3. The van der Waals surface area contributed by atoms with Crippen molar-refractivity contribution in [1.29, 1.82) is 5.26 Å². The Kier molecular flexibility index (Phi) is 4.87. The molecule has 0 rings (SSSR count). The van der Waals surface area contributed by atoms with Gasteiger partial charge in [0.15, 0.2) is 0 Å². The molecule has 0 spiro atoms. The van der Waals surface area contributed by atoms with Gasteiger partial charge in [-0.1, -0.05) is 6.92 Å². The molecular weight excluding hydrogens is 150 g/mol. The normalized spacial score (nSPS) is 15.7. The molecule has 0 amide bonds. The minimum atomic E-state index is -0.372. The average molecular weight is 169 g/mol. The van der Waals surface area contributed by atoms with Gasteiger partial charge in [-0.3, -0.25) is 0 Å². The largest absolute Gasteiger partial charge is 0.307 e.